The van der Waals surface area contributed by atoms with E-state index in [0.29, 0.717) is 6.54 Å². The zero-order valence-corrected chi connectivity index (χ0v) is 13.4. The van der Waals surface area contributed by atoms with Gasteiger partial charge >= 0.3 is 0 Å². The van der Waals surface area contributed by atoms with Gasteiger partial charge in [-0.05, 0) is 25.7 Å². The second-order valence-electron chi connectivity index (χ2n) is 7.02. The lowest BCUT2D eigenvalue weighted by molar-refractivity contribution is -0.225. The number of hydrogen-bond acceptors (Lipinski definition) is 4. The predicted octanol–water partition coefficient (Wildman–Crippen LogP) is 1.19. The lowest BCUT2D eigenvalue weighted by Gasteiger charge is -2.65. The predicted molar refractivity (Wildman–Crippen MR) is 81.7 cm³/mol. The fraction of sp³-hybridized carbons (Fsp3) is 0.938. The zero-order valence-electron chi connectivity index (χ0n) is 13.4. The molecule has 1 saturated heterocycles. The van der Waals surface area contributed by atoms with Gasteiger partial charge in [0.1, 0.15) is 5.54 Å². The molecule has 2 aliphatic rings. The van der Waals surface area contributed by atoms with Crippen LogP contribution >= 0.6 is 0 Å². The topological polar surface area (TPSA) is 84.6 Å². The van der Waals surface area contributed by atoms with Gasteiger partial charge in [0.05, 0.1) is 6.10 Å². The lowest BCUT2D eigenvalue weighted by atomic mass is 9.46. The number of rotatable bonds is 7. The molecule has 122 valence electrons. The van der Waals surface area contributed by atoms with Gasteiger partial charge in [-0.2, -0.15) is 0 Å². The van der Waals surface area contributed by atoms with E-state index in [-0.39, 0.29) is 30.0 Å². The first-order chi connectivity index (χ1) is 9.96. The quantitative estimate of drug-likeness (QED) is 0.616. The molecule has 3 atom stereocenters. The maximum Gasteiger partial charge on any atom is 0.241 e. The van der Waals surface area contributed by atoms with E-state index < -0.39 is 5.54 Å². The first-order valence-corrected chi connectivity index (χ1v) is 8.26. The third-order valence-corrected chi connectivity index (χ3v) is 5.43. The Bertz CT molecular complexity index is 373. The summed E-state index contributed by atoms with van der Waals surface area (Å²) in [4.78, 5) is 12.6. The molecule has 0 spiro atoms. The Hall–Kier alpha value is -0.650. The van der Waals surface area contributed by atoms with E-state index in [1.165, 1.54) is 0 Å². The minimum atomic E-state index is -0.802. The molecule has 1 amide bonds. The molecule has 5 heteroatoms. The Balaban J connectivity index is 1.83. The zero-order chi connectivity index (χ0) is 15.5. The summed E-state index contributed by atoms with van der Waals surface area (Å²) >= 11 is 0. The SMILES string of the molecule is CC1(C)C2OCCCC2C1(N)C(=O)NCCCCCCO. The molecule has 3 unspecified atom stereocenters. The van der Waals surface area contributed by atoms with Crippen molar-refractivity contribution in [2.24, 2.45) is 17.1 Å². The molecule has 1 aliphatic heterocycles. The van der Waals surface area contributed by atoms with E-state index in [2.05, 4.69) is 5.32 Å². The largest absolute Gasteiger partial charge is 0.396 e. The van der Waals surface area contributed by atoms with E-state index in [1.807, 2.05) is 13.8 Å². The van der Waals surface area contributed by atoms with Crippen LogP contribution in [-0.2, 0) is 9.53 Å². The molecule has 2 fully saturated rings. The lowest BCUT2D eigenvalue weighted by Crippen LogP contribution is -2.82. The molecule has 0 bridgehead atoms. The molecule has 0 aromatic rings. The average molecular weight is 298 g/mol. The summed E-state index contributed by atoms with van der Waals surface area (Å²) in [5.41, 5.74) is 5.41. The second-order valence-corrected chi connectivity index (χ2v) is 7.02. The Labute approximate surface area is 127 Å². The van der Waals surface area contributed by atoms with Crippen LogP contribution in [0.15, 0.2) is 0 Å². The van der Waals surface area contributed by atoms with Crippen LogP contribution in [-0.4, -0.2) is 42.4 Å². The highest BCUT2D eigenvalue weighted by molar-refractivity contribution is 5.89. The smallest absolute Gasteiger partial charge is 0.241 e. The maximum absolute atomic E-state index is 12.6. The number of aliphatic hydroxyl groups is 1. The third-order valence-electron chi connectivity index (χ3n) is 5.43. The number of amides is 1. The molecule has 21 heavy (non-hydrogen) atoms. The van der Waals surface area contributed by atoms with E-state index in [1.54, 1.807) is 0 Å². The number of carbonyl (C=O) groups is 1. The summed E-state index contributed by atoms with van der Waals surface area (Å²) in [6.45, 7) is 5.78. The minimum Gasteiger partial charge on any atom is -0.396 e. The van der Waals surface area contributed by atoms with Crippen LogP contribution in [0.5, 0.6) is 0 Å². The molecule has 0 aromatic heterocycles. The molecular formula is C16H30N2O3. The maximum atomic E-state index is 12.6. The van der Waals surface area contributed by atoms with Crippen molar-refractivity contribution in [1.29, 1.82) is 0 Å². The summed E-state index contributed by atoms with van der Waals surface area (Å²) in [7, 11) is 0. The summed E-state index contributed by atoms with van der Waals surface area (Å²) in [5, 5.41) is 11.7. The monoisotopic (exact) mass is 298 g/mol. The Kier molecular flexibility index (Phi) is 5.28. The normalized spacial score (nSPS) is 33.9. The number of unbranched alkanes of at least 4 members (excludes halogenated alkanes) is 3. The van der Waals surface area contributed by atoms with E-state index in [0.717, 1.165) is 45.1 Å². The van der Waals surface area contributed by atoms with Crippen molar-refractivity contribution >= 4 is 5.91 Å². The van der Waals surface area contributed by atoms with Crippen molar-refractivity contribution in [3.63, 3.8) is 0 Å². The van der Waals surface area contributed by atoms with Gasteiger partial charge in [0.2, 0.25) is 5.91 Å². The molecule has 5 nitrogen and oxygen atoms in total. The highest BCUT2D eigenvalue weighted by Crippen LogP contribution is 2.57. The number of aliphatic hydroxyl groups excluding tert-OH is 1. The van der Waals surface area contributed by atoms with Crippen molar-refractivity contribution in [3.05, 3.63) is 0 Å². The first-order valence-electron chi connectivity index (χ1n) is 8.26. The van der Waals surface area contributed by atoms with Gasteiger partial charge in [-0.25, -0.2) is 0 Å². The fourth-order valence-electron chi connectivity index (χ4n) is 3.98. The van der Waals surface area contributed by atoms with Crippen molar-refractivity contribution < 1.29 is 14.6 Å². The van der Waals surface area contributed by atoms with Crippen molar-refractivity contribution in [2.45, 2.75) is 64.0 Å². The van der Waals surface area contributed by atoms with Gasteiger partial charge in [0.25, 0.3) is 0 Å². The van der Waals surface area contributed by atoms with Gasteiger partial charge < -0.3 is 20.9 Å². The van der Waals surface area contributed by atoms with Crippen LogP contribution in [0.25, 0.3) is 0 Å². The molecule has 0 radical (unpaired) electrons. The Morgan fingerprint density at radius 3 is 2.76 bits per heavy atom. The van der Waals surface area contributed by atoms with Gasteiger partial charge in [0.15, 0.2) is 0 Å². The van der Waals surface area contributed by atoms with Crippen LogP contribution < -0.4 is 11.1 Å². The van der Waals surface area contributed by atoms with E-state index in [4.69, 9.17) is 15.6 Å². The van der Waals surface area contributed by atoms with Crippen molar-refractivity contribution in [1.82, 2.24) is 5.32 Å². The molecule has 4 N–H and O–H groups in total. The van der Waals surface area contributed by atoms with E-state index in [9.17, 15) is 4.79 Å². The third kappa shape index (κ3) is 2.83. The van der Waals surface area contributed by atoms with Crippen molar-refractivity contribution in [3.8, 4) is 0 Å². The van der Waals surface area contributed by atoms with Crippen molar-refractivity contribution in [2.75, 3.05) is 19.8 Å². The van der Waals surface area contributed by atoms with Crippen LogP contribution in [0.4, 0.5) is 0 Å². The molecule has 2 rings (SSSR count). The van der Waals surface area contributed by atoms with Gasteiger partial charge in [-0.1, -0.05) is 26.7 Å². The van der Waals surface area contributed by atoms with Crippen LogP contribution in [0.2, 0.25) is 0 Å². The summed E-state index contributed by atoms with van der Waals surface area (Å²) in [5.74, 6) is 0.122. The number of ether oxygens (including phenoxy) is 1. The number of carbonyl (C=O) groups excluding carboxylic acids is 1. The number of fused-ring (bicyclic) bond motifs is 1. The van der Waals surface area contributed by atoms with Crippen LogP contribution in [0.1, 0.15) is 52.4 Å². The van der Waals surface area contributed by atoms with Gasteiger partial charge in [-0.15, -0.1) is 0 Å². The molecule has 1 heterocycles. The van der Waals surface area contributed by atoms with Gasteiger partial charge in [0, 0.05) is 31.1 Å². The highest BCUT2D eigenvalue weighted by Gasteiger charge is 2.70. The second kappa shape index (κ2) is 6.63. The number of nitrogens with one attached hydrogen (secondary N) is 1. The minimum absolute atomic E-state index is 0.0265. The Morgan fingerprint density at radius 2 is 2.05 bits per heavy atom. The average Bonchev–Trinajstić information content (AvgIpc) is 2.49. The highest BCUT2D eigenvalue weighted by atomic mass is 16.5. The first kappa shape index (κ1) is 16.7. The number of nitrogens with two attached hydrogens (primary N) is 1. The Morgan fingerprint density at radius 1 is 1.33 bits per heavy atom. The van der Waals surface area contributed by atoms with Crippen LogP contribution in [0, 0.1) is 11.3 Å². The number of hydrogen-bond donors (Lipinski definition) is 3. The summed E-state index contributed by atoms with van der Waals surface area (Å²) in [6.07, 6.45) is 5.89. The van der Waals surface area contributed by atoms with Crippen LogP contribution in [0.3, 0.4) is 0 Å². The molecule has 0 aromatic carbocycles. The molecule has 1 aliphatic carbocycles. The fourth-order valence-corrected chi connectivity index (χ4v) is 3.98. The van der Waals surface area contributed by atoms with E-state index >= 15 is 0 Å². The van der Waals surface area contributed by atoms with Gasteiger partial charge in [-0.3, -0.25) is 4.79 Å². The molecule has 1 saturated carbocycles. The summed E-state index contributed by atoms with van der Waals surface area (Å²) in [6, 6.07) is 0. The summed E-state index contributed by atoms with van der Waals surface area (Å²) < 4.78 is 5.82. The molecular weight excluding hydrogens is 268 g/mol. The standard InChI is InChI=1S/C16H30N2O3/c1-15(2)13-12(8-7-11-21-13)16(15,17)14(20)18-9-5-3-4-6-10-19/h12-13,19H,3-11,17H2,1-2H3,(H,18,20).